The van der Waals surface area contributed by atoms with Gasteiger partial charge in [-0.15, -0.1) is 11.3 Å². The van der Waals surface area contributed by atoms with Crippen LogP contribution in [-0.2, 0) is 0 Å². The lowest BCUT2D eigenvalue weighted by molar-refractivity contribution is 0.442. The average Bonchev–Trinajstić information content (AvgIpc) is 2.83. The maximum atomic E-state index is 4.90. The predicted octanol–water partition coefficient (Wildman–Crippen LogP) is 3.97. The van der Waals surface area contributed by atoms with Gasteiger partial charge < -0.3 is 5.32 Å². The van der Waals surface area contributed by atoms with E-state index in [4.69, 9.17) is 4.98 Å². The van der Waals surface area contributed by atoms with Crippen molar-refractivity contribution in [1.82, 2.24) is 10.3 Å². The minimum Gasteiger partial charge on any atom is -0.316 e. The fourth-order valence-electron chi connectivity index (χ4n) is 3.41. The van der Waals surface area contributed by atoms with Gasteiger partial charge >= 0.3 is 0 Å². The van der Waals surface area contributed by atoms with Crippen LogP contribution in [0.3, 0.4) is 0 Å². The Morgan fingerprint density at radius 3 is 2.56 bits per heavy atom. The highest BCUT2D eigenvalue weighted by Gasteiger charge is 2.24. The van der Waals surface area contributed by atoms with Gasteiger partial charge in [0, 0.05) is 23.3 Å². The molecule has 0 bridgehead atoms. The molecule has 0 radical (unpaired) electrons. The van der Waals surface area contributed by atoms with Crippen molar-refractivity contribution >= 4 is 11.3 Å². The molecule has 0 amide bonds. The third kappa shape index (κ3) is 2.62. The van der Waals surface area contributed by atoms with Crippen molar-refractivity contribution in [3.05, 3.63) is 15.6 Å². The first-order chi connectivity index (χ1) is 8.84. The van der Waals surface area contributed by atoms with Gasteiger partial charge in [0.25, 0.3) is 0 Å². The summed E-state index contributed by atoms with van der Waals surface area (Å²) in [7, 11) is 0. The SMILES string of the molecule is Cc1nc(C2CCCCC2)sc1C1CCCNC1. The summed E-state index contributed by atoms with van der Waals surface area (Å²) in [5, 5.41) is 4.97. The van der Waals surface area contributed by atoms with E-state index in [0.29, 0.717) is 0 Å². The lowest BCUT2D eigenvalue weighted by atomic mass is 9.90. The molecule has 0 aromatic carbocycles. The molecule has 1 saturated heterocycles. The van der Waals surface area contributed by atoms with Crippen LogP contribution in [0.1, 0.15) is 72.4 Å². The number of thiazole rings is 1. The Morgan fingerprint density at radius 2 is 1.83 bits per heavy atom. The molecule has 1 unspecified atom stereocenters. The zero-order valence-corrected chi connectivity index (χ0v) is 12.2. The van der Waals surface area contributed by atoms with Gasteiger partial charge in [-0.25, -0.2) is 4.98 Å². The van der Waals surface area contributed by atoms with Crippen molar-refractivity contribution in [3.63, 3.8) is 0 Å². The number of piperidine rings is 1. The van der Waals surface area contributed by atoms with Gasteiger partial charge in [-0.1, -0.05) is 19.3 Å². The number of aromatic nitrogens is 1. The lowest BCUT2D eigenvalue weighted by Gasteiger charge is -2.22. The summed E-state index contributed by atoms with van der Waals surface area (Å²) < 4.78 is 0. The van der Waals surface area contributed by atoms with Crippen LogP contribution >= 0.6 is 11.3 Å². The minimum absolute atomic E-state index is 0.730. The number of hydrogen-bond donors (Lipinski definition) is 1. The molecule has 3 rings (SSSR count). The van der Waals surface area contributed by atoms with E-state index in [-0.39, 0.29) is 0 Å². The first-order valence-corrected chi connectivity index (χ1v) is 8.34. The summed E-state index contributed by atoms with van der Waals surface area (Å²) in [5.41, 5.74) is 1.31. The average molecular weight is 264 g/mol. The molecule has 3 heteroatoms. The van der Waals surface area contributed by atoms with E-state index in [1.165, 1.54) is 62.2 Å². The molecule has 1 aromatic rings. The summed E-state index contributed by atoms with van der Waals surface area (Å²) in [4.78, 5) is 6.47. The van der Waals surface area contributed by atoms with Crippen molar-refractivity contribution in [2.45, 2.75) is 63.7 Å². The molecule has 1 N–H and O–H groups in total. The van der Waals surface area contributed by atoms with Gasteiger partial charge in [0.05, 0.1) is 10.7 Å². The third-order valence-electron chi connectivity index (χ3n) is 4.47. The predicted molar refractivity (Wildman–Crippen MR) is 77.5 cm³/mol. The molecule has 1 atom stereocenters. The quantitative estimate of drug-likeness (QED) is 0.874. The van der Waals surface area contributed by atoms with Crippen molar-refractivity contribution in [2.24, 2.45) is 0 Å². The van der Waals surface area contributed by atoms with Gasteiger partial charge in [-0.2, -0.15) is 0 Å². The second-order valence-electron chi connectivity index (χ2n) is 5.88. The van der Waals surface area contributed by atoms with Crippen LogP contribution in [0.15, 0.2) is 0 Å². The molecule has 1 saturated carbocycles. The van der Waals surface area contributed by atoms with Crippen molar-refractivity contribution in [1.29, 1.82) is 0 Å². The Hall–Kier alpha value is -0.410. The maximum absolute atomic E-state index is 4.90. The lowest BCUT2D eigenvalue weighted by Crippen LogP contribution is -2.28. The second kappa shape index (κ2) is 5.70. The van der Waals surface area contributed by atoms with E-state index < -0.39 is 0 Å². The number of nitrogens with one attached hydrogen (secondary N) is 1. The van der Waals surface area contributed by atoms with Gasteiger partial charge in [0.1, 0.15) is 0 Å². The highest BCUT2D eigenvalue weighted by Crippen LogP contribution is 2.39. The first-order valence-electron chi connectivity index (χ1n) is 7.52. The largest absolute Gasteiger partial charge is 0.316 e. The standard InChI is InChI=1S/C15H24N2S/c1-11-14(13-8-5-9-16-10-13)18-15(17-11)12-6-3-2-4-7-12/h12-13,16H,2-10H2,1H3. The van der Waals surface area contributed by atoms with Crippen LogP contribution in [0.5, 0.6) is 0 Å². The van der Waals surface area contributed by atoms with Gasteiger partial charge in [0.2, 0.25) is 0 Å². The first kappa shape index (κ1) is 12.6. The zero-order valence-electron chi connectivity index (χ0n) is 11.4. The van der Waals surface area contributed by atoms with Crippen LogP contribution in [0.2, 0.25) is 0 Å². The van der Waals surface area contributed by atoms with Gasteiger partial charge in [0.15, 0.2) is 0 Å². The Morgan fingerprint density at radius 1 is 1.06 bits per heavy atom. The van der Waals surface area contributed by atoms with Crippen LogP contribution in [0.4, 0.5) is 0 Å². The summed E-state index contributed by atoms with van der Waals surface area (Å²) >= 11 is 2.02. The molecular weight excluding hydrogens is 240 g/mol. The number of rotatable bonds is 2. The number of hydrogen-bond acceptors (Lipinski definition) is 3. The summed E-state index contributed by atoms with van der Waals surface area (Å²) in [6.45, 7) is 4.57. The normalized spacial score (nSPS) is 26.4. The van der Waals surface area contributed by atoms with E-state index in [1.807, 2.05) is 11.3 Å². The second-order valence-corrected chi connectivity index (χ2v) is 6.94. The Balaban J connectivity index is 1.76. The number of nitrogens with zero attached hydrogens (tertiary/aromatic N) is 1. The zero-order chi connectivity index (χ0) is 12.4. The van der Waals surface area contributed by atoms with Crippen LogP contribution < -0.4 is 5.32 Å². The smallest absolute Gasteiger partial charge is 0.0961 e. The molecule has 2 fully saturated rings. The summed E-state index contributed by atoms with van der Waals surface area (Å²) in [6, 6.07) is 0. The molecule has 1 aliphatic heterocycles. The maximum Gasteiger partial charge on any atom is 0.0961 e. The molecular formula is C15H24N2S. The van der Waals surface area contributed by atoms with E-state index >= 15 is 0 Å². The molecule has 100 valence electrons. The van der Waals surface area contributed by atoms with E-state index in [0.717, 1.165) is 18.4 Å². The fourth-order valence-corrected chi connectivity index (χ4v) is 4.78. The molecule has 2 heterocycles. The van der Waals surface area contributed by atoms with Crippen LogP contribution in [0, 0.1) is 6.92 Å². The van der Waals surface area contributed by atoms with Crippen LogP contribution in [0.25, 0.3) is 0 Å². The number of aryl methyl sites for hydroxylation is 1. The van der Waals surface area contributed by atoms with E-state index in [2.05, 4.69) is 12.2 Å². The highest BCUT2D eigenvalue weighted by molar-refractivity contribution is 7.12. The van der Waals surface area contributed by atoms with Gasteiger partial charge in [-0.05, 0) is 39.2 Å². The van der Waals surface area contributed by atoms with Gasteiger partial charge in [-0.3, -0.25) is 0 Å². The molecule has 18 heavy (non-hydrogen) atoms. The van der Waals surface area contributed by atoms with E-state index in [9.17, 15) is 0 Å². The monoisotopic (exact) mass is 264 g/mol. The molecule has 2 nitrogen and oxygen atoms in total. The van der Waals surface area contributed by atoms with Crippen LogP contribution in [-0.4, -0.2) is 18.1 Å². The molecule has 2 aliphatic rings. The van der Waals surface area contributed by atoms with Crippen molar-refractivity contribution in [2.75, 3.05) is 13.1 Å². The molecule has 0 spiro atoms. The third-order valence-corrected chi connectivity index (χ3v) is 5.95. The Bertz CT molecular complexity index is 387. The Kier molecular flexibility index (Phi) is 4.00. The Labute approximate surface area is 114 Å². The highest BCUT2D eigenvalue weighted by atomic mass is 32.1. The molecule has 1 aromatic heterocycles. The topological polar surface area (TPSA) is 24.9 Å². The van der Waals surface area contributed by atoms with Crippen molar-refractivity contribution in [3.8, 4) is 0 Å². The fraction of sp³-hybridized carbons (Fsp3) is 0.800. The minimum atomic E-state index is 0.730. The summed E-state index contributed by atoms with van der Waals surface area (Å²) in [5.74, 6) is 1.50. The summed E-state index contributed by atoms with van der Waals surface area (Å²) in [6.07, 6.45) is 9.65. The molecule has 1 aliphatic carbocycles. The van der Waals surface area contributed by atoms with E-state index in [1.54, 1.807) is 4.88 Å². The van der Waals surface area contributed by atoms with Crippen molar-refractivity contribution < 1.29 is 0 Å².